The molecule has 1 aliphatic rings. The van der Waals surface area contributed by atoms with Gasteiger partial charge in [0.2, 0.25) is 0 Å². The number of fused-ring (bicyclic) bond motifs is 1. The van der Waals surface area contributed by atoms with Crippen LogP contribution in [0.1, 0.15) is 55.5 Å². The fourth-order valence-corrected chi connectivity index (χ4v) is 3.03. The smallest absolute Gasteiger partial charge is 0.137 e. The number of unbranched alkanes of at least 4 members (excludes halogenated alkanes) is 1. The first kappa shape index (κ1) is 14.6. The Balaban J connectivity index is 1.89. The Morgan fingerprint density at radius 3 is 3.18 bits per heavy atom. The van der Waals surface area contributed by atoms with Crippen molar-refractivity contribution in [2.45, 2.75) is 45.1 Å². The molecule has 1 atom stereocenters. The van der Waals surface area contributed by atoms with Crippen molar-refractivity contribution < 1.29 is 4.74 Å². The molecule has 4 heteroatoms. The van der Waals surface area contributed by atoms with E-state index in [0.29, 0.717) is 24.0 Å². The summed E-state index contributed by atoms with van der Waals surface area (Å²) in [5, 5.41) is 9.26. The minimum Gasteiger partial charge on any atom is -0.492 e. The maximum atomic E-state index is 9.26. The lowest BCUT2D eigenvalue weighted by Crippen LogP contribution is -2.17. The number of hydrogen-bond acceptors (Lipinski definition) is 3. The van der Waals surface area contributed by atoms with Crippen LogP contribution in [0.15, 0.2) is 30.7 Å². The van der Waals surface area contributed by atoms with Crippen LogP contribution in [0.3, 0.4) is 0 Å². The van der Waals surface area contributed by atoms with Gasteiger partial charge in [0.25, 0.3) is 0 Å². The van der Waals surface area contributed by atoms with Gasteiger partial charge in [0.15, 0.2) is 0 Å². The fourth-order valence-electron chi connectivity index (χ4n) is 3.03. The zero-order valence-electron chi connectivity index (χ0n) is 13.0. The topological polar surface area (TPSA) is 50.8 Å². The molecule has 0 amide bonds. The van der Waals surface area contributed by atoms with E-state index < -0.39 is 0 Å². The Labute approximate surface area is 131 Å². The van der Waals surface area contributed by atoms with Crippen LogP contribution in [0.2, 0.25) is 0 Å². The van der Waals surface area contributed by atoms with Crippen molar-refractivity contribution >= 4 is 0 Å². The molecule has 4 nitrogen and oxygen atoms in total. The zero-order chi connectivity index (χ0) is 15.4. The van der Waals surface area contributed by atoms with E-state index in [1.807, 2.05) is 30.7 Å². The molecule has 1 aliphatic heterocycles. The molecular formula is C18H21N3O. The number of ether oxygens (including phenoxy) is 1. The van der Waals surface area contributed by atoms with Crippen LogP contribution in [0.5, 0.6) is 5.75 Å². The third-order valence-electron chi connectivity index (χ3n) is 4.26. The predicted molar refractivity (Wildman–Crippen MR) is 84.9 cm³/mol. The Hall–Kier alpha value is -2.28. The highest BCUT2D eigenvalue weighted by Crippen LogP contribution is 2.33. The lowest BCUT2D eigenvalue weighted by atomic mass is 9.95. The van der Waals surface area contributed by atoms with E-state index >= 15 is 0 Å². The average molecular weight is 295 g/mol. The lowest BCUT2D eigenvalue weighted by molar-refractivity contribution is 0.307. The number of nitriles is 1. The van der Waals surface area contributed by atoms with Gasteiger partial charge < -0.3 is 9.30 Å². The molecule has 1 unspecified atom stereocenters. The summed E-state index contributed by atoms with van der Waals surface area (Å²) >= 11 is 0. The zero-order valence-corrected chi connectivity index (χ0v) is 13.0. The van der Waals surface area contributed by atoms with Crippen molar-refractivity contribution in [1.82, 2.24) is 9.55 Å². The Kier molecular flexibility index (Phi) is 4.43. The molecule has 22 heavy (non-hydrogen) atoms. The van der Waals surface area contributed by atoms with Crippen molar-refractivity contribution in [3.05, 3.63) is 47.5 Å². The molecule has 0 saturated heterocycles. The average Bonchev–Trinajstić information content (AvgIpc) is 3.03. The van der Waals surface area contributed by atoms with Crippen molar-refractivity contribution in [3.63, 3.8) is 0 Å². The Morgan fingerprint density at radius 1 is 1.45 bits per heavy atom. The van der Waals surface area contributed by atoms with E-state index in [1.165, 1.54) is 17.7 Å². The van der Waals surface area contributed by atoms with Gasteiger partial charge in [0, 0.05) is 11.9 Å². The molecule has 1 aromatic carbocycles. The molecule has 0 fully saturated rings. The van der Waals surface area contributed by atoms with Gasteiger partial charge in [-0.3, -0.25) is 0 Å². The summed E-state index contributed by atoms with van der Waals surface area (Å²) in [6.45, 7) is 2.79. The number of hydrogen-bond donors (Lipinski definition) is 0. The van der Waals surface area contributed by atoms with Crippen LogP contribution in [0.25, 0.3) is 0 Å². The van der Waals surface area contributed by atoms with Crippen LogP contribution in [-0.4, -0.2) is 16.2 Å². The van der Waals surface area contributed by atoms with Crippen molar-refractivity contribution in [2.75, 3.05) is 6.61 Å². The number of rotatable bonds is 5. The van der Waals surface area contributed by atoms with Crippen LogP contribution >= 0.6 is 0 Å². The molecule has 0 aliphatic carbocycles. The summed E-state index contributed by atoms with van der Waals surface area (Å²) < 4.78 is 8.07. The van der Waals surface area contributed by atoms with Crippen LogP contribution < -0.4 is 4.74 Å². The van der Waals surface area contributed by atoms with Gasteiger partial charge in [-0.05, 0) is 43.4 Å². The molecule has 0 N–H and O–H groups in total. The summed E-state index contributed by atoms with van der Waals surface area (Å²) in [6, 6.07) is 8.48. The maximum absolute atomic E-state index is 9.26. The molecule has 0 radical (unpaired) electrons. The van der Waals surface area contributed by atoms with E-state index in [1.54, 1.807) is 0 Å². The van der Waals surface area contributed by atoms with E-state index in [0.717, 1.165) is 25.7 Å². The highest BCUT2D eigenvalue weighted by Gasteiger charge is 2.22. The number of aromatic nitrogens is 2. The van der Waals surface area contributed by atoms with Crippen molar-refractivity contribution in [2.24, 2.45) is 0 Å². The molecule has 2 aromatic rings. The van der Waals surface area contributed by atoms with E-state index in [9.17, 15) is 5.26 Å². The monoisotopic (exact) mass is 295 g/mol. The molecule has 0 saturated carbocycles. The largest absolute Gasteiger partial charge is 0.492 e. The Morgan fingerprint density at radius 2 is 2.36 bits per heavy atom. The molecule has 1 aromatic heterocycles. The second kappa shape index (κ2) is 6.65. The third-order valence-corrected chi connectivity index (χ3v) is 4.26. The summed E-state index contributed by atoms with van der Waals surface area (Å²) in [5.41, 5.74) is 3.10. The van der Waals surface area contributed by atoms with E-state index in [4.69, 9.17) is 4.74 Å². The highest BCUT2D eigenvalue weighted by atomic mass is 16.5. The molecule has 0 spiro atoms. The predicted octanol–water partition coefficient (Wildman–Crippen LogP) is 3.86. The first-order valence-corrected chi connectivity index (χ1v) is 8.01. The quantitative estimate of drug-likeness (QED) is 0.787. The summed E-state index contributed by atoms with van der Waals surface area (Å²) in [7, 11) is 0. The normalized spacial score (nSPS) is 16.8. The molecule has 114 valence electrons. The molecule has 2 heterocycles. The van der Waals surface area contributed by atoms with Gasteiger partial charge in [-0.2, -0.15) is 5.26 Å². The van der Waals surface area contributed by atoms with E-state index in [-0.39, 0.29) is 0 Å². The number of aryl methyl sites for hydroxylation is 1. The molecule has 3 rings (SSSR count). The molecular weight excluding hydrogens is 274 g/mol. The van der Waals surface area contributed by atoms with Gasteiger partial charge in [-0.15, -0.1) is 0 Å². The molecule has 0 bridgehead atoms. The first-order chi connectivity index (χ1) is 10.8. The number of nitrogens with zero attached hydrogens (tertiary/aromatic N) is 3. The van der Waals surface area contributed by atoms with E-state index in [2.05, 4.69) is 22.5 Å². The van der Waals surface area contributed by atoms with Crippen LogP contribution in [0, 0.1) is 11.3 Å². The van der Waals surface area contributed by atoms with Gasteiger partial charge >= 0.3 is 0 Å². The second-order valence-corrected chi connectivity index (χ2v) is 5.77. The van der Waals surface area contributed by atoms with Crippen LogP contribution in [-0.2, 0) is 6.42 Å². The summed E-state index contributed by atoms with van der Waals surface area (Å²) in [6.07, 6.45) is 9.31. The maximum Gasteiger partial charge on any atom is 0.137 e. The minimum absolute atomic E-state index is 0.299. The van der Waals surface area contributed by atoms with Crippen LogP contribution in [0.4, 0.5) is 0 Å². The fraction of sp³-hybridized carbons (Fsp3) is 0.444. The third kappa shape index (κ3) is 2.85. The first-order valence-electron chi connectivity index (χ1n) is 8.01. The Bertz CT molecular complexity index is 684. The number of benzene rings is 1. The SMILES string of the molecule is CCCCOc1cc(C2CCCc3cncn32)ccc1C#N. The summed E-state index contributed by atoms with van der Waals surface area (Å²) in [4.78, 5) is 4.28. The van der Waals surface area contributed by atoms with Gasteiger partial charge in [-0.25, -0.2) is 4.98 Å². The van der Waals surface area contributed by atoms with Crippen molar-refractivity contribution in [3.8, 4) is 11.8 Å². The van der Waals surface area contributed by atoms with Gasteiger partial charge in [-0.1, -0.05) is 19.4 Å². The van der Waals surface area contributed by atoms with Gasteiger partial charge in [0.05, 0.1) is 24.5 Å². The minimum atomic E-state index is 0.299. The standard InChI is InChI=1S/C18H21N3O/c1-2-3-9-22-18-10-14(7-8-15(18)11-19)17-6-4-5-16-12-20-13-21(16)17/h7-8,10,12-13,17H,2-6,9H2,1H3. The summed E-state index contributed by atoms with van der Waals surface area (Å²) in [5.74, 6) is 0.709. The second-order valence-electron chi connectivity index (χ2n) is 5.77. The van der Waals surface area contributed by atoms with Crippen molar-refractivity contribution in [1.29, 1.82) is 5.26 Å². The van der Waals surface area contributed by atoms with Gasteiger partial charge in [0.1, 0.15) is 11.8 Å². The number of imidazole rings is 1. The highest BCUT2D eigenvalue weighted by molar-refractivity contribution is 5.46. The lowest BCUT2D eigenvalue weighted by Gasteiger charge is -2.26.